The molecule has 0 radical (unpaired) electrons. The molecule has 0 aliphatic carbocycles. The van der Waals surface area contributed by atoms with Crippen molar-refractivity contribution in [3.8, 4) is 11.5 Å². The topological polar surface area (TPSA) is 67.8 Å². The van der Waals surface area contributed by atoms with E-state index < -0.39 is 11.7 Å². The first-order valence-corrected chi connectivity index (χ1v) is 8.71. The highest BCUT2D eigenvalue weighted by Gasteiger charge is 2.30. The van der Waals surface area contributed by atoms with Crippen LogP contribution in [0.25, 0.3) is 0 Å². The Morgan fingerprint density at radius 2 is 1.86 bits per heavy atom. The monoisotopic (exact) mass is 397 g/mol. The van der Waals surface area contributed by atoms with Crippen LogP contribution in [0.1, 0.15) is 24.5 Å². The molecule has 0 fully saturated rings. The Morgan fingerprint density at radius 1 is 1.14 bits per heavy atom. The number of alkyl halides is 3. The molecule has 1 atom stereocenters. The largest absolute Gasteiger partial charge is 0.491 e. The van der Waals surface area contributed by atoms with Gasteiger partial charge in [0, 0.05) is 13.0 Å². The SMILES string of the molecule is CC(CCNC(=O)COc1ccc(CO)cc1)Oc1cccc(C(F)(F)F)c1. The van der Waals surface area contributed by atoms with Crippen molar-refractivity contribution in [2.24, 2.45) is 0 Å². The summed E-state index contributed by atoms with van der Waals surface area (Å²) < 4.78 is 48.9. The van der Waals surface area contributed by atoms with Gasteiger partial charge in [0.2, 0.25) is 0 Å². The Bertz CT molecular complexity index is 763. The number of hydrogen-bond acceptors (Lipinski definition) is 4. The van der Waals surface area contributed by atoms with Crippen molar-refractivity contribution in [3.05, 3.63) is 59.7 Å². The third kappa shape index (κ3) is 7.11. The average Bonchev–Trinajstić information content (AvgIpc) is 2.66. The molecular formula is C20H22F3NO4. The molecular weight excluding hydrogens is 375 g/mol. The van der Waals surface area contributed by atoms with Crippen LogP contribution < -0.4 is 14.8 Å². The van der Waals surface area contributed by atoms with Crippen molar-refractivity contribution >= 4 is 5.91 Å². The Kier molecular flexibility index (Phi) is 7.69. The van der Waals surface area contributed by atoms with Crippen molar-refractivity contribution in [2.45, 2.75) is 32.2 Å². The van der Waals surface area contributed by atoms with E-state index in [1.165, 1.54) is 12.1 Å². The first-order chi connectivity index (χ1) is 13.3. The standard InChI is InChI=1S/C20H22F3NO4/c1-14(28-18-4-2-3-16(11-18)20(21,22)23)9-10-24-19(26)13-27-17-7-5-15(12-25)6-8-17/h2-8,11,14,25H,9-10,12-13H2,1H3,(H,24,26). The van der Waals surface area contributed by atoms with Crippen LogP contribution in [0.2, 0.25) is 0 Å². The molecule has 0 spiro atoms. The van der Waals surface area contributed by atoms with E-state index in [4.69, 9.17) is 14.6 Å². The maximum Gasteiger partial charge on any atom is 0.416 e. The molecule has 5 nitrogen and oxygen atoms in total. The first-order valence-electron chi connectivity index (χ1n) is 8.71. The second-order valence-electron chi connectivity index (χ2n) is 6.18. The minimum Gasteiger partial charge on any atom is -0.491 e. The molecule has 152 valence electrons. The average molecular weight is 397 g/mol. The van der Waals surface area contributed by atoms with E-state index in [0.717, 1.165) is 17.7 Å². The molecule has 1 amide bonds. The molecule has 8 heteroatoms. The Hall–Kier alpha value is -2.74. The number of carbonyl (C=O) groups excluding carboxylic acids is 1. The van der Waals surface area contributed by atoms with Gasteiger partial charge in [0.15, 0.2) is 6.61 Å². The number of benzene rings is 2. The van der Waals surface area contributed by atoms with Gasteiger partial charge in [-0.05, 0) is 42.8 Å². The molecule has 0 aliphatic heterocycles. The second-order valence-corrected chi connectivity index (χ2v) is 6.18. The highest BCUT2D eigenvalue weighted by molar-refractivity contribution is 5.77. The number of carbonyl (C=O) groups is 1. The van der Waals surface area contributed by atoms with Crippen LogP contribution in [-0.4, -0.2) is 30.3 Å². The maximum atomic E-state index is 12.7. The van der Waals surface area contributed by atoms with Crippen molar-refractivity contribution in [3.63, 3.8) is 0 Å². The fourth-order valence-electron chi connectivity index (χ4n) is 2.34. The predicted octanol–water partition coefficient (Wildman–Crippen LogP) is 3.55. The van der Waals surface area contributed by atoms with Crippen LogP contribution in [-0.2, 0) is 17.6 Å². The number of nitrogens with one attached hydrogen (secondary N) is 1. The van der Waals surface area contributed by atoms with Crippen LogP contribution in [0.15, 0.2) is 48.5 Å². The van der Waals surface area contributed by atoms with Crippen LogP contribution in [0.4, 0.5) is 13.2 Å². The van der Waals surface area contributed by atoms with Crippen molar-refractivity contribution in [1.82, 2.24) is 5.32 Å². The van der Waals surface area contributed by atoms with Crippen LogP contribution in [0, 0.1) is 0 Å². The van der Waals surface area contributed by atoms with Crippen molar-refractivity contribution in [2.75, 3.05) is 13.2 Å². The lowest BCUT2D eigenvalue weighted by molar-refractivity contribution is -0.137. The zero-order valence-corrected chi connectivity index (χ0v) is 15.3. The van der Waals surface area contributed by atoms with Crippen LogP contribution >= 0.6 is 0 Å². The highest BCUT2D eigenvalue weighted by atomic mass is 19.4. The quantitative estimate of drug-likeness (QED) is 0.679. The van der Waals surface area contributed by atoms with E-state index in [1.807, 2.05) is 0 Å². The third-order valence-electron chi connectivity index (χ3n) is 3.85. The third-order valence-corrected chi connectivity index (χ3v) is 3.85. The molecule has 0 aliphatic rings. The predicted molar refractivity (Wildman–Crippen MR) is 97.0 cm³/mol. The summed E-state index contributed by atoms with van der Waals surface area (Å²) in [6.07, 6.45) is -4.38. The summed E-state index contributed by atoms with van der Waals surface area (Å²) in [4.78, 5) is 11.8. The summed E-state index contributed by atoms with van der Waals surface area (Å²) in [5, 5.41) is 11.6. The lowest BCUT2D eigenvalue weighted by atomic mass is 10.2. The highest BCUT2D eigenvalue weighted by Crippen LogP contribution is 2.31. The number of halogens is 3. The number of rotatable bonds is 9. The smallest absolute Gasteiger partial charge is 0.416 e. The number of aliphatic hydroxyl groups excluding tert-OH is 1. The minimum atomic E-state index is -4.42. The summed E-state index contributed by atoms with van der Waals surface area (Å²) in [6, 6.07) is 11.4. The lowest BCUT2D eigenvalue weighted by Crippen LogP contribution is -2.31. The van der Waals surface area contributed by atoms with Crippen LogP contribution in [0.5, 0.6) is 11.5 Å². The van der Waals surface area contributed by atoms with Crippen LogP contribution in [0.3, 0.4) is 0 Å². The van der Waals surface area contributed by atoms with Gasteiger partial charge < -0.3 is 19.9 Å². The molecule has 0 saturated carbocycles. The van der Waals surface area contributed by atoms with Gasteiger partial charge in [0.05, 0.1) is 18.3 Å². The van der Waals surface area contributed by atoms with E-state index in [-0.39, 0.29) is 31.0 Å². The zero-order valence-electron chi connectivity index (χ0n) is 15.3. The lowest BCUT2D eigenvalue weighted by Gasteiger charge is -2.16. The van der Waals surface area contributed by atoms with Crippen molar-refractivity contribution < 1.29 is 32.5 Å². The number of aliphatic hydroxyl groups is 1. The van der Waals surface area contributed by atoms with Gasteiger partial charge in [-0.25, -0.2) is 0 Å². The van der Waals surface area contributed by atoms with Gasteiger partial charge in [-0.1, -0.05) is 18.2 Å². The molecule has 2 rings (SSSR count). The molecule has 0 heterocycles. The summed E-state index contributed by atoms with van der Waals surface area (Å²) in [7, 11) is 0. The number of ether oxygens (including phenoxy) is 2. The summed E-state index contributed by atoms with van der Waals surface area (Å²) in [6.45, 7) is 1.78. The summed E-state index contributed by atoms with van der Waals surface area (Å²) in [5.74, 6) is 0.314. The Morgan fingerprint density at radius 3 is 2.50 bits per heavy atom. The van der Waals surface area contributed by atoms with E-state index in [1.54, 1.807) is 31.2 Å². The van der Waals surface area contributed by atoms with E-state index >= 15 is 0 Å². The van der Waals surface area contributed by atoms with Gasteiger partial charge in [-0.15, -0.1) is 0 Å². The van der Waals surface area contributed by atoms with Gasteiger partial charge in [-0.3, -0.25) is 4.79 Å². The fourth-order valence-corrected chi connectivity index (χ4v) is 2.34. The fraction of sp³-hybridized carbons (Fsp3) is 0.350. The van der Waals surface area contributed by atoms with E-state index in [0.29, 0.717) is 18.7 Å². The van der Waals surface area contributed by atoms with E-state index in [9.17, 15) is 18.0 Å². The number of hydrogen-bond donors (Lipinski definition) is 2. The Labute approximate surface area is 161 Å². The summed E-state index contributed by atoms with van der Waals surface area (Å²) >= 11 is 0. The molecule has 0 aromatic heterocycles. The van der Waals surface area contributed by atoms with Gasteiger partial charge in [0.1, 0.15) is 11.5 Å². The normalized spacial score (nSPS) is 12.3. The van der Waals surface area contributed by atoms with Gasteiger partial charge in [-0.2, -0.15) is 13.2 Å². The molecule has 0 saturated heterocycles. The molecule has 2 aromatic rings. The van der Waals surface area contributed by atoms with Gasteiger partial charge in [0.25, 0.3) is 5.91 Å². The molecule has 1 unspecified atom stereocenters. The van der Waals surface area contributed by atoms with E-state index in [2.05, 4.69) is 5.32 Å². The molecule has 2 aromatic carbocycles. The second kappa shape index (κ2) is 9.98. The zero-order chi connectivity index (χ0) is 20.6. The minimum absolute atomic E-state index is 0.0679. The number of amides is 1. The molecule has 2 N–H and O–H groups in total. The maximum absolute atomic E-state index is 12.7. The van der Waals surface area contributed by atoms with Crippen molar-refractivity contribution in [1.29, 1.82) is 0 Å². The molecule has 28 heavy (non-hydrogen) atoms. The first kappa shape index (κ1) is 21.6. The molecule has 0 bridgehead atoms. The van der Waals surface area contributed by atoms with Gasteiger partial charge >= 0.3 is 6.18 Å². The Balaban J connectivity index is 1.70. The summed E-state index contributed by atoms with van der Waals surface area (Å²) in [5.41, 5.74) is -0.0266.